The maximum absolute atomic E-state index is 12.1. The fraction of sp³-hybridized carbons (Fsp3) is 0.375. The van der Waals surface area contributed by atoms with Crippen LogP contribution in [0.3, 0.4) is 0 Å². The van der Waals surface area contributed by atoms with E-state index >= 15 is 0 Å². The molecule has 0 spiro atoms. The van der Waals surface area contributed by atoms with Crippen molar-refractivity contribution >= 4 is 34.0 Å². The van der Waals surface area contributed by atoms with E-state index in [4.69, 9.17) is 11.6 Å². The van der Waals surface area contributed by atoms with Gasteiger partial charge in [-0.3, -0.25) is 4.79 Å². The average molecular weight is 336 g/mol. The Kier molecular flexibility index (Phi) is 4.95. The number of thiazole rings is 1. The van der Waals surface area contributed by atoms with Crippen molar-refractivity contribution in [3.05, 3.63) is 46.4 Å². The second-order valence-corrected chi connectivity index (χ2v) is 6.72. The topological polar surface area (TPSA) is 45.2 Å². The molecule has 1 fully saturated rings. The molecule has 4 nitrogen and oxygen atoms in total. The Bertz CT molecular complexity index is 615. The van der Waals surface area contributed by atoms with Crippen LogP contribution in [0.25, 0.3) is 0 Å². The van der Waals surface area contributed by atoms with Crippen molar-refractivity contribution in [2.45, 2.75) is 25.3 Å². The lowest BCUT2D eigenvalue weighted by Crippen LogP contribution is -2.40. The maximum Gasteiger partial charge on any atom is 0.224 e. The molecular weight excluding hydrogens is 318 g/mol. The fourth-order valence-corrected chi connectivity index (χ4v) is 3.61. The number of carbonyl (C=O) groups excluding carboxylic acids is 1. The zero-order chi connectivity index (χ0) is 15.4. The third-order valence-corrected chi connectivity index (χ3v) is 4.92. The van der Waals surface area contributed by atoms with Crippen LogP contribution in [0.2, 0.25) is 5.02 Å². The van der Waals surface area contributed by atoms with E-state index in [2.05, 4.69) is 15.2 Å². The van der Waals surface area contributed by atoms with Crippen molar-refractivity contribution in [2.24, 2.45) is 0 Å². The number of nitrogens with one attached hydrogen (secondary N) is 1. The number of aromatic nitrogens is 1. The normalized spacial score (nSPS) is 17.7. The number of nitrogens with zero attached hydrogens (tertiary/aromatic N) is 2. The van der Waals surface area contributed by atoms with Gasteiger partial charge in [-0.1, -0.05) is 23.7 Å². The number of carbonyl (C=O) groups is 1. The molecular formula is C16H18ClN3OS. The molecule has 0 aliphatic carbocycles. The van der Waals surface area contributed by atoms with Gasteiger partial charge in [0.05, 0.1) is 6.42 Å². The molecule has 1 aliphatic heterocycles. The molecule has 1 atom stereocenters. The van der Waals surface area contributed by atoms with Gasteiger partial charge in [-0.05, 0) is 30.5 Å². The average Bonchev–Trinajstić information content (AvgIpc) is 3.18. The lowest BCUT2D eigenvalue weighted by Gasteiger charge is -2.24. The van der Waals surface area contributed by atoms with Crippen molar-refractivity contribution in [1.82, 2.24) is 10.3 Å². The van der Waals surface area contributed by atoms with E-state index in [1.165, 1.54) is 0 Å². The largest absolute Gasteiger partial charge is 0.354 e. The first kappa shape index (κ1) is 15.3. The van der Waals surface area contributed by atoms with Gasteiger partial charge < -0.3 is 10.2 Å². The molecule has 1 unspecified atom stereocenters. The van der Waals surface area contributed by atoms with Crippen molar-refractivity contribution in [2.75, 3.05) is 18.0 Å². The minimum absolute atomic E-state index is 0.0494. The molecule has 116 valence electrons. The Labute approximate surface area is 139 Å². The van der Waals surface area contributed by atoms with Gasteiger partial charge in [-0.2, -0.15) is 0 Å². The van der Waals surface area contributed by atoms with Crippen LogP contribution >= 0.6 is 22.9 Å². The number of rotatable bonds is 5. The van der Waals surface area contributed by atoms with Crippen LogP contribution in [-0.2, 0) is 11.2 Å². The SMILES string of the molecule is O=C(Cc1ccc(Cl)cc1)NCC1CCCN1c1nccs1. The van der Waals surface area contributed by atoms with Gasteiger partial charge in [0.2, 0.25) is 5.91 Å². The number of hydrogen-bond acceptors (Lipinski definition) is 4. The molecule has 0 saturated carbocycles. The van der Waals surface area contributed by atoms with Gasteiger partial charge in [0.1, 0.15) is 0 Å². The molecule has 2 aromatic rings. The first-order valence-corrected chi connectivity index (χ1v) is 8.65. The predicted molar refractivity (Wildman–Crippen MR) is 90.6 cm³/mol. The van der Waals surface area contributed by atoms with Gasteiger partial charge in [-0.15, -0.1) is 11.3 Å². The van der Waals surface area contributed by atoms with Crippen LogP contribution in [0.5, 0.6) is 0 Å². The lowest BCUT2D eigenvalue weighted by atomic mass is 10.1. The minimum atomic E-state index is 0.0494. The number of amides is 1. The second kappa shape index (κ2) is 7.11. The highest BCUT2D eigenvalue weighted by atomic mass is 35.5. The van der Waals surface area contributed by atoms with Gasteiger partial charge in [0, 0.05) is 35.7 Å². The Morgan fingerprint density at radius 2 is 2.23 bits per heavy atom. The first-order chi connectivity index (χ1) is 10.7. The summed E-state index contributed by atoms with van der Waals surface area (Å²) in [6.45, 7) is 1.69. The summed E-state index contributed by atoms with van der Waals surface area (Å²) in [6, 6.07) is 7.75. The van der Waals surface area contributed by atoms with Gasteiger partial charge >= 0.3 is 0 Å². The van der Waals surface area contributed by atoms with Crippen molar-refractivity contribution < 1.29 is 4.79 Å². The molecule has 22 heavy (non-hydrogen) atoms. The highest BCUT2D eigenvalue weighted by Gasteiger charge is 2.26. The summed E-state index contributed by atoms with van der Waals surface area (Å²) in [5.41, 5.74) is 0.977. The second-order valence-electron chi connectivity index (χ2n) is 5.41. The van der Waals surface area contributed by atoms with Crippen LogP contribution < -0.4 is 10.2 Å². The minimum Gasteiger partial charge on any atom is -0.354 e. The molecule has 3 rings (SSSR count). The standard InChI is InChI=1S/C16H18ClN3OS/c17-13-5-3-12(4-6-13)10-15(21)19-11-14-2-1-8-20(14)16-18-7-9-22-16/h3-7,9,14H,1-2,8,10-11H2,(H,19,21). The van der Waals surface area contributed by atoms with Crippen LogP contribution in [0, 0.1) is 0 Å². The lowest BCUT2D eigenvalue weighted by molar-refractivity contribution is -0.120. The Morgan fingerprint density at radius 1 is 1.41 bits per heavy atom. The maximum atomic E-state index is 12.1. The quantitative estimate of drug-likeness (QED) is 0.913. The van der Waals surface area contributed by atoms with Gasteiger partial charge in [0.15, 0.2) is 5.13 Å². The smallest absolute Gasteiger partial charge is 0.224 e. The van der Waals surface area contributed by atoms with Gasteiger partial charge in [0.25, 0.3) is 0 Å². The summed E-state index contributed by atoms with van der Waals surface area (Å²) < 4.78 is 0. The molecule has 1 aromatic carbocycles. The number of anilines is 1. The molecule has 1 N–H and O–H groups in total. The van der Waals surface area contributed by atoms with E-state index in [9.17, 15) is 4.79 Å². The van der Waals surface area contributed by atoms with Gasteiger partial charge in [-0.25, -0.2) is 4.98 Å². The van der Waals surface area contributed by atoms with Crippen LogP contribution in [0.1, 0.15) is 18.4 Å². The fourth-order valence-electron chi connectivity index (χ4n) is 2.74. The molecule has 0 radical (unpaired) electrons. The van der Waals surface area contributed by atoms with E-state index in [-0.39, 0.29) is 5.91 Å². The first-order valence-electron chi connectivity index (χ1n) is 7.39. The monoisotopic (exact) mass is 335 g/mol. The summed E-state index contributed by atoms with van der Waals surface area (Å²) in [7, 11) is 0. The van der Waals surface area contributed by atoms with E-state index in [0.717, 1.165) is 30.1 Å². The summed E-state index contributed by atoms with van der Waals surface area (Å²) in [5.74, 6) is 0.0494. The van der Waals surface area contributed by atoms with E-state index < -0.39 is 0 Å². The molecule has 0 bridgehead atoms. The van der Waals surface area contributed by atoms with E-state index in [0.29, 0.717) is 24.0 Å². The molecule has 1 amide bonds. The Morgan fingerprint density at radius 3 is 2.95 bits per heavy atom. The molecule has 6 heteroatoms. The molecule has 1 aliphatic rings. The summed E-state index contributed by atoms with van der Waals surface area (Å²) in [6.07, 6.45) is 4.47. The zero-order valence-electron chi connectivity index (χ0n) is 12.2. The van der Waals surface area contributed by atoms with E-state index in [1.54, 1.807) is 11.3 Å². The highest BCUT2D eigenvalue weighted by molar-refractivity contribution is 7.13. The number of halogens is 1. The van der Waals surface area contributed by atoms with Crippen LogP contribution in [0.15, 0.2) is 35.8 Å². The number of benzene rings is 1. The van der Waals surface area contributed by atoms with Crippen LogP contribution in [0.4, 0.5) is 5.13 Å². The summed E-state index contributed by atoms with van der Waals surface area (Å²) in [5, 5.41) is 6.77. The van der Waals surface area contributed by atoms with Crippen LogP contribution in [-0.4, -0.2) is 30.0 Å². The summed E-state index contributed by atoms with van der Waals surface area (Å²) in [4.78, 5) is 18.7. The Balaban J connectivity index is 1.51. The zero-order valence-corrected chi connectivity index (χ0v) is 13.7. The third-order valence-electron chi connectivity index (χ3n) is 3.85. The van der Waals surface area contributed by atoms with E-state index in [1.807, 2.05) is 35.8 Å². The Hall–Kier alpha value is -1.59. The van der Waals surface area contributed by atoms with Crippen molar-refractivity contribution in [3.63, 3.8) is 0 Å². The number of hydrogen-bond donors (Lipinski definition) is 1. The molecule has 2 heterocycles. The highest BCUT2D eigenvalue weighted by Crippen LogP contribution is 2.26. The molecule has 1 saturated heterocycles. The van der Waals surface area contributed by atoms with Crippen molar-refractivity contribution in [1.29, 1.82) is 0 Å². The predicted octanol–water partition coefficient (Wildman–Crippen LogP) is 3.12. The third kappa shape index (κ3) is 3.78. The summed E-state index contributed by atoms with van der Waals surface area (Å²) >= 11 is 7.50. The van der Waals surface area contributed by atoms with Crippen molar-refractivity contribution in [3.8, 4) is 0 Å². The molecule has 1 aromatic heterocycles.